The Hall–Kier alpha value is -2.08. The van der Waals surface area contributed by atoms with Crippen molar-refractivity contribution in [2.75, 3.05) is 0 Å². The van der Waals surface area contributed by atoms with Gasteiger partial charge in [0.2, 0.25) is 5.91 Å². The van der Waals surface area contributed by atoms with Crippen LogP contribution < -0.4 is 10.1 Å². The molecule has 1 N–H and O–H groups in total. The van der Waals surface area contributed by atoms with Gasteiger partial charge in [0.1, 0.15) is 18.2 Å². The fraction of sp³-hybridized carbons (Fsp3) is 0.471. The van der Waals surface area contributed by atoms with E-state index in [2.05, 4.69) is 22.3 Å². The number of aromatic nitrogens is 3. The van der Waals surface area contributed by atoms with Gasteiger partial charge in [-0.2, -0.15) is 5.10 Å². The minimum atomic E-state index is -0.0539. The first-order valence-electron chi connectivity index (χ1n) is 8.27. The van der Waals surface area contributed by atoms with E-state index in [0.717, 1.165) is 31.6 Å². The number of unbranched alkanes of at least 4 members (excludes halogenated alkanes) is 1. The Morgan fingerprint density at radius 1 is 1.46 bits per heavy atom. The quantitative estimate of drug-likeness (QED) is 0.833. The van der Waals surface area contributed by atoms with Gasteiger partial charge in [-0.3, -0.25) is 4.79 Å². The molecule has 1 fully saturated rings. The van der Waals surface area contributed by atoms with Gasteiger partial charge in [-0.25, -0.2) is 9.67 Å². The number of ether oxygens (including phenoxy) is 1. The Morgan fingerprint density at radius 3 is 3.04 bits per heavy atom. The molecule has 1 aromatic carbocycles. The summed E-state index contributed by atoms with van der Waals surface area (Å²) in [4.78, 5) is 16.1. The Labute approximate surface area is 146 Å². The van der Waals surface area contributed by atoms with E-state index in [1.54, 1.807) is 12.1 Å². The fourth-order valence-electron chi connectivity index (χ4n) is 2.71. The third-order valence-electron chi connectivity index (χ3n) is 3.94. The highest BCUT2D eigenvalue weighted by Crippen LogP contribution is 2.23. The molecule has 3 rings (SSSR count). The predicted octanol–water partition coefficient (Wildman–Crippen LogP) is 3.26. The summed E-state index contributed by atoms with van der Waals surface area (Å²) in [6, 6.07) is 7.19. The molecule has 1 aliphatic heterocycles. The Morgan fingerprint density at radius 2 is 2.33 bits per heavy atom. The number of nitrogens with one attached hydrogen (secondary N) is 1. The van der Waals surface area contributed by atoms with E-state index in [-0.39, 0.29) is 18.6 Å². The molecule has 1 aliphatic rings. The zero-order valence-electron chi connectivity index (χ0n) is 13.7. The lowest BCUT2D eigenvalue weighted by molar-refractivity contribution is -0.119. The van der Waals surface area contributed by atoms with Gasteiger partial charge in [0.05, 0.1) is 6.04 Å². The third-order valence-corrected chi connectivity index (χ3v) is 4.17. The lowest BCUT2D eigenvalue weighted by Gasteiger charge is -2.10. The first-order valence-corrected chi connectivity index (χ1v) is 8.65. The topological polar surface area (TPSA) is 69.0 Å². The van der Waals surface area contributed by atoms with Crippen molar-refractivity contribution >= 4 is 17.5 Å². The van der Waals surface area contributed by atoms with E-state index >= 15 is 0 Å². The van der Waals surface area contributed by atoms with E-state index in [1.807, 2.05) is 16.8 Å². The molecule has 24 heavy (non-hydrogen) atoms. The van der Waals surface area contributed by atoms with Crippen molar-refractivity contribution in [1.82, 2.24) is 20.1 Å². The van der Waals surface area contributed by atoms with E-state index in [9.17, 15) is 4.79 Å². The molecule has 1 amide bonds. The number of halogens is 1. The molecule has 0 saturated carbocycles. The molecule has 128 valence electrons. The van der Waals surface area contributed by atoms with Crippen molar-refractivity contribution in [3.8, 4) is 5.75 Å². The van der Waals surface area contributed by atoms with E-state index in [4.69, 9.17) is 16.3 Å². The molecule has 0 unspecified atom stereocenters. The second-order valence-corrected chi connectivity index (χ2v) is 6.30. The van der Waals surface area contributed by atoms with Gasteiger partial charge in [0.15, 0.2) is 5.82 Å². The highest BCUT2D eigenvalue weighted by atomic mass is 35.5. The van der Waals surface area contributed by atoms with Crippen LogP contribution in [0, 0.1) is 0 Å². The van der Waals surface area contributed by atoms with Crippen molar-refractivity contribution in [2.24, 2.45) is 0 Å². The highest BCUT2D eigenvalue weighted by molar-refractivity contribution is 6.30. The van der Waals surface area contributed by atoms with Gasteiger partial charge in [0.25, 0.3) is 0 Å². The number of carbonyl (C=O) groups is 1. The maximum Gasteiger partial charge on any atom is 0.220 e. The largest absolute Gasteiger partial charge is 0.485 e. The van der Waals surface area contributed by atoms with Crippen LogP contribution in [0.15, 0.2) is 24.3 Å². The summed E-state index contributed by atoms with van der Waals surface area (Å²) in [6.45, 7) is 3.20. The molecule has 1 saturated heterocycles. The lowest BCUT2D eigenvalue weighted by atomic mass is 10.2. The van der Waals surface area contributed by atoms with Crippen LogP contribution in [0.4, 0.5) is 0 Å². The molecule has 1 atom stereocenters. The molecular formula is C17H21ClN4O2. The number of amides is 1. The van der Waals surface area contributed by atoms with E-state index in [0.29, 0.717) is 23.0 Å². The van der Waals surface area contributed by atoms with Crippen LogP contribution in [0.25, 0.3) is 0 Å². The van der Waals surface area contributed by atoms with Crippen molar-refractivity contribution in [2.45, 2.75) is 51.8 Å². The van der Waals surface area contributed by atoms with Gasteiger partial charge in [-0.15, -0.1) is 0 Å². The molecule has 0 bridgehead atoms. The van der Waals surface area contributed by atoms with Gasteiger partial charge in [-0.05, 0) is 31.0 Å². The first kappa shape index (κ1) is 16.8. The monoisotopic (exact) mass is 348 g/mol. The number of benzene rings is 1. The minimum absolute atomic E-state index is 0.0539. The second kappa shape index (κ2) is 7.66. The van der Waals surface area contributed by atoms with E-state index in [1.165, 1.54) is 0 Å². The number of rotatable bonds is 7. The summed E-state index contributed by atoms with van der Waals surface area (Å²) in [7, 11) is 0. The molecule has 0 spiro atoms. The minimum Gasteiger partial charge on any atom is -0.485 e. The zero-order chi connectivity index (χ0) is 16.9. The molecule has 7 heteroatoms. The van der Waals surface area contributed by atoms with Crippen molar-refractivity contribution in [3.05, 3.63) is 40.9 Å². The smallest absolute Gasteiger partial charge is 0.220 e. The molecular weight excluding hydrogens is 328 g/mol. The predicted molar refractivity (Wildman–Crippen MR) is 90.8 cm³/mol. The number of carbonyl (C=O) groups excluding carboxylic acids is 1. The van der Waals surface area contributed by atoms with Crippen molar-refractivity contribution < 1.29 is 9.53 Å². The van der Waals surface area contributed by atoms with Crippen LogP contribution in [-0.2, 0) is 17.9 Å². The second-order valence-electron chi connectivity index (χ2n) is 5.87. The summed E-state index contributed by atoms with van der Waals surface area (Å²) in [5.41, 5.74) is 0. The SMILES string of the molecule is CCCCn1nc(COc2cccc(Cl)c2)nc1[C@H]1CCC(=O)N1. The molecule has 0 radical (unpaired) electrons. The maximum atomic E-state index is 11.5. The standard InChI is InChI=1S/C17H21ClN4O2/c1-2-3-9-22-17(14-7-8-16(23)19-14)20-15(21-22)11-24-13-6-4-5-12(18)10-13/h4-6,10,14H,2-3,7-9,11H2,1H3,(H,19,23)/t14-/m1/s1. The van der Waals surface area contributed by atoms with Crippen LogP contribution in [0.2, 0.25) is 5.02 Å². The van der Waals surface area contributed by atoms with Crippen LogP contribution in [0.5, 0.6) is 5.75 Å². The molecule has 2 heterocycles. The third kappa shape index (κ3) is 4.06. The number of hydrogen-bond donors (Lipinski definition) is 1. The highest BCUT2D eigenvalue weighted by Gasteiger charge is 2.27. The van der Waals surface area contributed by atoms with Gasteiger partial charge in [-0.1, -0.05) is 31.0 Å². The van der Waals surface area contributed by atoms with Gasteiger partial charge in [0, 0.05) is 18.0 Å². The Bertz CT molecular complexity index is 716. The fourth-order valence-corrected chi connectivity index (χ4v) is 2.89. The molecule has 1 aromatic heterocycles. The molecule has 0 aliphatic carbocycles. The summed E-state index contributed by atoms with van der Waals surface area (Å²) in [5, 5.41) is 8.14. The van der Waals surface area contributed by atoms with Crippen LogP contribution >= 0.6 is 11.6 Å². The van der Waals surface area contributed by atoms with Crippen molar-refractivity contribution in [1.29, 1.82) is 0 Å². The normalized spacial score (nSPS) is 17.1. The molecule has 2 aromatic rings. The van der Waals surface area contributed by atoms with Crippen LogP contribution in [-0.4, -0.2) is 20.7 Å². The zero-order valence-corrected chi connectivity index (χ0v) is 14.4. The van der Waals surface area contributed by atoms with Gasteiger partial charge < -0.3 is 10.1 Å². The van der Waals surface area contributed by atoms with Crippen molar-refractivity contribution in [3.63, 3.8) is 0 Å². The van der Waals surface area contributed by atoms with Crippen LogP contribution in [0.1, 0.15) is 50.3 Å². The van der Waals surface area contributed by atoms with Crippen LogP contribution in [0.3, 0.4) is 0 Å². The number of nitrogens with zero attached hydrogens (tertiary/aromatic N) is 3. The maximum absolute atomic E-state index is 11.5. The van der Waals surface area contributed by atoms with Gasteiger partial charge >= 0.3 is 0 Å². The summed E-state index contributed by atoms with van der Waals surface area (Å²) < 4.78 is 7.62. The lowest BCUT2D eigenvalue weighted by Crippen LogP contribution is -2.22. The Balaban J connectivity index is 1.73. The summed E-state index contributed by atoms with van der Waals surface area (Å²) in [5.74, 6) is 2.19. The first-order chi connectivity index (χ1) is 11.7. The molecule has 6 nitrogen and oxygen atoms in total. The average molecular weight is 349 g/mol. The number of hydrogen-bond acceptors (Lipinski definition) is 4. The number of aryl methyl sites for hydroxylation is 1. The average Bonchev–Trinajstić information content (AvgIpc) is 3.17. The Kier molecular flexibility index (Phi) is 5.35. The summed E-state index contributed by atoms with van der Waals surface area (Å²) >= 11 is 5.96. The summed E-state index contributed by atoms with van der Waals surface area (Å²) in [6.07, 6.45) is 3.40. The van der Waals surface area contributed by atoms with E-state index < -0.39 is 0 Å².